The minimum Gasteiger partial charge on any atom is -0.488 e. The highest BCUT2D eigenvalue weighted by atomic mass is 16.5. The van der Waals surface area contributed by atoms with Crippen LogP contribution in [-0.2, 0) is 6.61 Å². The van der Waals surface area contributed by atoms with Crippen molar-refractivity contribution in [1.29, 1.82) is 0 Å². The van der Waals surface area contributed by atoms with Crippen LogP contribution in [0, 0.1) is 0 Å². The first-order valence-corrected chi connectivity index (χ1v) is 14.6. The quantitative estimate of drug-likeness (QED) is 0.139. The summed E-state index contributed by atoms with van der Waals surface area (Å²) in [6.45, 7) is 6.12. The molecule has 1 heterocycles. The van der Waals surface area contributed by atoms with E-state index in [1.165, 1.54) is 51.4 Å². The summed E-state index contributed by atoms with van der Waals surface area (Å²) in [5, 5.41) is 12.7. The van der Waals surface area contributed by atoms with Gasteiger partial charge >= 0.3 is 0 Å². The monoisotopic (exact) mass is 519 g/mol. The predicted molar refractivity (Wildman–Crippen MR) is 154 cm³/mol. The third-order valence-electron chi connectivity index (χ3n) is 6.55. The van der Waals surface area contributed by atoms with Crippen LogP contribution in [0.4, 0.5) is 0 Å². The molecule has 2 aromatic carbocycles. The molecule has 0 atom stereocenters. The largest absolute Gasteiger partial charge is 0.488 e. The third-order valence-corrected chi connectivity index (χ3v) is 6.55. The zero-order chi connectivity index (χ0) is 26.7. The van der Waals surface area contributed by atoms with E-state index in [2.05, 4.69) is 41.4 Å². The Bertz CT molecular complexity index is 1030. The van der Waals surface area contributed by atoms with E-state index in [9.17, 15) is 0 Å². The second kappa shape index (κ2) is 18.2. The summed E-state index contributed by atoms with van der Waals surface area (Å²) in [4.78, 5) is 0. The van der Waals surface area contributed by atoms with Crippen molar-refractivity contribution in [2.45, 2.75) is 97.5 Å². The number of hydrogen-bond donors (Lipinski definition) is 0. The maximum Gasteiger partial charge on any atom is 0.280 e. The molecule has 0 aliphatic carbocycles. The van der Waals surface area contributed by atoms with E-state index in [1.54, 1.807) is 0 Å². The number of benzene rings is 2. The fourth-order valence-corrected chi connectivity index (χ4v) is 4.33. The maximum absolute atomic E-state index is 6.31. The molecule has 0 saturated heterocycles. The first-order valence-electron chi connectivity index (χ1n) is 14.6. The van der Waals surface area contributed by atoms with Crippen LogP contribution in [-0.4, -0.2) is 28.6 Å². The van der Waals surface area contributed by atoms with E-state index >= 15 is 0 Å². The van der Waals surface area contributed by atoms with Crippen LogP contribution in [0.15, 0.2) is 54.6 Å². The average molecular weight is 520 g/mol. The highest BCUT2D eigenvalue weighted by Crippen LogP contribution is 2.39. The van der Waals surface area contributed by atoms with Crippen molar-refractivity contribution in [2.24, 2.45) is 0 Å². The number of unbranched alkanes of at least 4 members (excludes halogenated alkanes) is 10. The van der Waals surface area contributed by atoms with E-state index in [4.69, 9.17) is 14.2 Å². The first kappa shape index (κ1) is 29.4. The molecule has 6 heteroatoms. The standard InChI is InChI=1S/C32H45N3O3/c1-3-5-7-9-11-18-24-36-31-30(33-35-34-32(31)37-25-19-12-10-8-6-4-2)28-22-16-17-23-29(28)38-26-27-20-14-13-15-21-27/h13-17,20-23H,3-12,18-19,24-26H2,1-2H3. The second-order valence-corrected chi connectivity index (χ2v) is 9.78. The second-order valence-electron chi connectivity index (χ2n) is 9.78. The normalized spacial score (nSPS) is 10.9. The first-order chi connectivity index (χ1) is 18.8. The van der Waals surface area contributed by atoms with E-state index in [-0.39, 0.29) is 0 Å². The van der Waals surface area contributed by atoms with Crippen LogP contribution in [0.2, 0.25) is 0 Å². The molecule has 0 aliphatic heterocycles. The van der Waals surface area contributed by atoms with Gasteiger partial charge in [-0.25, -0.2) is 0 Å². The van der Waals surface area contributed by atoms with Gasteiger partial charge in [-0.05, 0) is 35.8 Å². The molecule has 3 aromatic rings. The van der Waals surface area contributed by atoms with Crippen molar-refractivity contribution < 1.29 is 14.2 Å². The van der Waals surface area contributed by atoms with Crippen molar-refractivity contribution in [3.63, 3.8) is 0 Å². The molecule has 0 aliphatic rings. The number of para-hydroxylation sites is 1. The summed E-state index contributed by atoms with van der Waals surface area (Å²) in [7, 11) is 0. The van der Waals surface area contributed by atoms with Crippen LogP contribution in [0.5, 0.6) is 17.4 Å². The molecule has 0 radical (unpaired) electrons. The SMILES string of the molecule is CCCCCCCCOc1nnnc(-c2ccccc2OCc2ccccc2)c1OCCCCCCCC. The maximum atomic E-state index is 6.31. The molecule has 206 valence electrons. The number of nitrogens with zero attached hydrogens (tertiary/aromatic N) is 3. The van der Waals surface area contributed by atoms with E-state index in [1.807, 2.05) is 42.5 Å². The number of aromatic nitrogens is 3. The van der Waals surface area contributed by atoms with E-state index < -0.39 is 0 Å². The Hall–Kier alpha value is -3.15. The molecule has 0 unspecified atom stereocenters. The molecule has 0 saturated carbocycles. The summed E-state index contributed by atoms with van der Waals surface area (Å²) in [5.41, 5.74) is 2.53. The zero-order valence-corrected chi connectivity index (χ0v) is 23.4. The van der Waals surface area contributed by atoms with Gasteiger partial charge in [-0.15, -0.1) is 5.10 Å². The number of hydrogen-bond acceptors (Lipinski definition) is 6. The molecule has 0 N–H and O–H groups in total. The van der Waals surface area contributed by atoms with Gasteiger partial charge in [0.2, 0.25) is 5.75 Å². The molecule has 0 bridgehead atoms. The Morgan fingerprint density at radius 2 is 1.18 bits per heavy atom. The lowest BCUT2D eigenvalue weighted by Crippen LogP contribution is -2.08. The lowest BCUT2D eigenvalue weighted by molar-refractivity contribution is 0.245. The lowest BCUT2D eigenvalue weighted by atomic mass is 10.1. The predicted octanol–water partition coefficient (Wildman–Crippen LogP) is 8.60. The molecule has 3 rings (SSSR count). The highest BCUT2D eigenvalue weighted by Gasteiger charge is 2.20. The van der Waals surface area contributed by atoms with Gasteiger partial charge < -0.3 is 14.2 Å². The Labute approximate surface area is 229 Å². The van der Waals surface area contributed by atoms with Crippen LogP contribution in [0.3, 0.4) is 0 Å². The topological polar surface area (TPSA) is 66.4 Å². The van der Waals surface area contributed by atoms with Crippen LogP contribution in [0.1, 0.15) is 96.5 Å². The Balaban J connectivity index is 1.72. The highest BCUT2D eigenvalue weighted by molar-refractivity contribution is 5.73. The summed E-state index contributed by atoms with van der Waals surface area (Å²) in [5.74, 6) is 1.69. The molecule has 0 fully saturated rings. The minimum absolute atomic E-state index is 0.410. The minimum atomic E-state index is 0.410. The van der Waals surface area contributed by atoms with Crippen molar-refractivity contribution in [1.82, 2.24) is 15.4 Å². The van der Waals surface area contributed by atoms with Gasteiger partial charge in [0.25, 0.3) is 5.88 Å². The van der Waals surface area contributed by atoms with Gasteiger partial charge in [0.05, 0.1) is 13.2 Å². The molecule has 38 heavy (non-hydrogen) atoms. The Kier molecular flexibility index (Phi) is 14.1. The molecule has 0 amide bonds. The number of rotatable bonds is 20. The van der Waals surface area contributed by atoms with Crippen molar-refractivity contribution in [3.8, 4) is 28.6 Å². The van der Waals surface area contributed by atoms with Crippen molar-refractivity contribution >= 4 is 0 Å². The molecular formula is C32H45N3O3. The van der Waals surface area contributed by atoms with Crippen molar-refractivity contribution in [3.05, 3.63) is 60.2 Å². The smallest absolute Gasteiger partial charge is 0.280 e. The van der Waals surface area contributed by atoms with Crippen LogP contribution in [0.25, 0.3) is 11.3 Å². The summed E-state index contributed by atoms with van der Waals surface area (Å²) in [6, 6.07) is 18.0. The Morgan fingerprint density at radius 3 is 1.89 bits per heavy atom. The molecule has 0 spiro atoms. The van der Waals surface area contributed by atoms with Gasteiger partial charge in [0, 0.05) is 5.56 Å². The number of ether oxygens (including phenoxy) is 3. The third kappa shape index (κ3) is 10.3. The average Bonchev–Trinajstić information content (AvgIpc) is 2.96. The van der Waals surface area contributed by atoms with Gasteiger partial charge in [-0.3, -0.25) is 0 Å². The van der Waals surface area contributed by atoms with E-state index in [0.29, 0.717) is 37.1 Å². The summed E-state index contributed by atoms with van der Waals surface area (Å²) < 4.78 is 18.6. The Morgan fingerprint density at radius 1 is 0.579 bits per heavy atom. The zero-order valence-electron chi connectivity index (χ0n) is 23.4. The lowest BCUT2D eigenvalue weighted by Gasteiger charge is -2.16. The fourth-order valence-electron chi connectivity index (χ4n) is 4.33. The van der Waals surface area contributed by atoms with Gasteiger partial charge in [0.1, 0.15) is 18.1 Å². The molecule has 1 aromatic heterocycles. The molecular weight excluding hydrogens is 474 g/mol. The summed E-state index contributed by atoms with van der Waals surface area (Å²) in [6.07, 6.45) is 14.4. The van der Waals surface area contributed by atoms with Crippen LogP contribution >= 0.6 is 0 Å². The van der Waals surface area contributed by atoms with Gasteiger partial charge in [0.15, 0.2) is 0 Å². The molecule has 6 nitrogen and oxygen atoms in total. The van der Waals surface area contributed by atoms with Crippen molar-refractivity contribution in [2.75, 3.05) is 13.2 Å². The van der Waals surface area contributed by atoms with Gasteiger partial charge in [-0.2, -0.15) is 0 Å². The van der Waals surface area contributed by atoms with Gasteiger partial charge in [-0.1, -0.05) is 126 Å². The van der Waals surface area contributed by atoms with E-state index in [0.717, 1.165) is 42.6 Å². The van der Waals surface area contributed by atoms with Crippen LogP contribution < -0.4 is 14.2 Å². The fraction of sp³-hybridized carbons (Fsp3) is 0.531. The summed E-state index contributed by atoms with van der Waals surface area (Å²) >= 11 is 0.